The SMILES string of the molecule is C[C@@H](C(=O)Nc1cccc(-n2cnnc2)c1)c1cc2ccccc2o1. The molecule has 4 aromatic rings. The second kappa shape index (κ2) is 6.24. The van der Waals surface area contributed by atoms with Gasteiger partial charge in [-0.15, -0.1) is 10.2 Å². The van der Waals surface area contributed by atoms with Crippen molar-refractivity contribution in [2.24, 2.45) is 0 Å². The Morgan fingerprint density at radius 3 is 2.68 bits per heavy atom. The third-order valence-corrected chi connectivity index (χ3v) is 4.10. The Bertz CT molecular complexity index is 988. The van der Waals surface area contributed by atoms with Crippen LogP contribution in [0.3, 0.4) is 0 Å². The van der Waals surface area contributed by atoms with Crippen LogP contribution in [-0.2, 0) is 4.79 Å². The summed E-state index contributed by atoms with van der Waals surface area (Å²) in [4.78, 5) is 12.6. The molecule has 25 heavy (non-hydrogen) atoms. The summed E-state index contributed by atoms with van der Waals surface area (Å²) >= 11 is 0. The Hall–Kier alpha value is -3.41. The summed E-state index contributed by atoms with van der Waals surface area (Å²) in [6.45, 7) is 1.83. The molecule has 0 bridgehead atoms. The van der Waals surface area contributed by atoms with Crippen molar-refractivity contribution in [2.45, 2.75) is 12.8 Å². The van der Waals surface area contributed by atoms with Crippen molar-refractivity contribution in [1.82, 2.24) is 14.8 Å². The van der Waals surface area contributed by atoms with Crippen LogP contribution in [-0.4, -0.2) is 20.7 Å². The zero-order chi connectivity index (χ0) is 17.2. The molecule has 0 aliphatic carbocycles. The number of rotatable bonds is 4. The summed E-state index contributed by atoms with van der Waals surface area (Å²) in [6.07, 6.45) is 3.22. The van der Waals surface area contributed by atoms with Crippen LogP contribution in [0.5, 0.6) is 0 Å². The van der Waals surface area contributed by atoms with Gasteiger partial charge in [-0.05, 0) is 37.3 Å². The van der Waals surface area contributed by atoms with Gasteiger partial charge in [0, 0.05) is 11.1 Å². The maximum absolute atomic E-state index is 12.6. The largest absolute Gasteiger partial charge is 0.460 e. The summed E-state index contributed by atoms with van der Waals surface area (Å²) in [6, 6.07) is 17.1. The highest BCUT2D eigenvalue weighted by atomic mass is 16.3. The fourth-order valence-corrected chi connectivity index (χ4v) is 2.67. The second-order valence-corrected chi connectivity index (χ2v) is 5.82. The molecule has 124 valence electrons. The highest BCUT2D eigenvalue weighted by Gasteiger charge is 2.19. The average Bonchev–Trinajstić information content (AvgIpc) is 3.30. The lowest BCUT2D eigenvalue weighted by atomic mass is 10.1. The molecular formula is C19H16N4O2. The van der Waals surface area contributed by atoms with Crippen LogP contribution >= 0.6 is 0 Å². The fourth-order valence-electron chi connectivity index (χ4n) is 2.67. The molecule has 0 aliphatic rings. The molecule has 1 amide bonds. The van der Waals surface area contributed by atoms with E-state index in [4.69, 9.17) is 4.42 Å². The van der Waals surface area contributed by atoms with E-state index in [1.54, 1.807) is 17.2 Å². The number of carbonyl (C=O) groups is 1. The van der Waals surface area contributed by atoms with Gasteiger partial charge in [-0.2, -0.15) is 0 Å². The zero-order valence-electron chi connectivity index (χ0n) is 13.6. The number of furan rings is 1. The van der Waals surface area contributed by atoms with E-state index in [9.17, 15) is 4.79 Å². The van der Waals surface area contributed by atoms with Gasteiger partial charge < -0.3 is 9.73 Å². The maximum Gasteiger partial charge on any atom is 0.234 e. The normalized spacial score (nSPS) is 12.2. The minimum absolute atomic E-state index is 0.125. The highest BCUT2D eigenvalue weighted by molar-refractivity contribution is 5.96. The molecule has 0 spiro atoms. The molecule has 2 aromatic carbocycles. The van der Waals surface area contributed by atoms with Crippen LogP contribution in [0.15, 0.2) is 71.7 Å². The van der Waals surface area contributed by atoms with Crippen molar-refractivity contribution in [3.63, 3.8) is 0 Å². The lowest BCUT2D eigenvalue weighted by Gasteiger charge is -2.11. The van der Waals surface area contributed by atoms with Gasteiger partial charge in [0.2, 0.25) is 5.91 Å². The Morgan fingerprint density at radius 1 is 1.08 bits per heavy atom. The van der Waals surface area contributed by atoms with E-state index in [0.29, 0.717) is 11.4 Å². The standard InChI is InChI=1S/C19H16N4O2/c1-13(18-9-14-5-2-3-8-17(14)25-18)19(24)22-15-6-4-7-16(10-15)23-11-20-21-12-23/h2-13H,1H3,(H,22,24)/t13-/m1/s1. The Morgan fingerprint density at radius 2 is 1.88 bits per heavy atom. The molecule has 2 aromatic heterocycles. The number of aromatic nitrogens is 3. The predicted octanol–water partition coefficient (Wildman–Crippen LogP) is 3.76. The summed E-state index contributed by atoms with van der Waals surface area (Å²) < 4.78 is 7.57. The fraction of sp³-hybridized carbons (Fsp3) is 0.105. The van der Waals surface area contributed by atoms with E-state index >= 15 is 0 Å². The molecule has 2 heterocycles. The first-order chi connectivity index (χ1) is 12.2. The minimum atomic E-state index is -0.397. The lowest BCUT2D eigenvalue weighted by molar-refractivity contribution is -0.117. The van der Waals surface area contributed by atoms with Crippen molar-refractivity contribution in [3.05, 3.63) is 73.0 Å². The van der Waals surface area contributed by atoms with Gasteiger partial charge in [0.1, 0.15) is 24.0 Å². The highest BCUT2D eigenvalue weighted by Crippen LogP contribution is 2.26. The number of hydrogen-bond donors (Lipinski definition) is 1. The van der Waals surface area contributed by atoms with Crippen LogP contribution in [0.4, 0.5) is 5.69 Å². The number of anilines is 1. The molecule has 1 atom stereocenters. The molecule has 0 fully saturated rings. The van der Waals surface area contributed by atoms with Crippen molar-refractivity contribution < 1.29 is 9.21 Å². The summed E-state index contributed by atoms with van der Waals surface area (Å²) in [7, 11) is 0. The number of fused-ring (bicyclic) bond motifs is 1. The Balaban J connectivity index is 1.54. The molecular weight excluding hydrogens is 316 g/mol. The lowest BCUT2D eigenvalue weighted by Crippen LogP contribution is -2.18. The van der Waals surface area contributed by atoms with Gasteiger partial charge in [0.05, 0.1) is 11.6 Å². The van der Waals surface area contributed by atoms with Crippen LogP contribution < -0.4 is 5.32 Å². The monoisotopic (exact) mass is 332 g/mol. The molecule has 1 N–H and O–H groups in total. The first-order valence-corrected chi connectivity index (χ1v) is 7.95. The van der Waals surface area contributed by atoms with Gasteiger partial charge in [-0.25, -0.2) is 0 Å². The smallest absolute Gasteiger partial charge is 0.234 e. The Kier molecular flexibility index (Phi) is 3.78. The van der Waals surface area contributed by atoms with Gasteiger partial charge >= 0.3 is 0 Å². The summed E-state index contributed by atoms with van der Waals surface area (Å²) in [5.41, 5.74) is 2.37. The van der Waals surface area contributed by atoms with E-state index in [1.165, 1.54) is 0 Å². The van der Waals surface area contributed by atoms with Crippen molar-refractivity contribution in [1.29, 1.82) is 0 Å². The van der Waals surface area contributed by atoms with Crippen molar-refractivity contribution in [2.75, 3.05) is 5.32 Å². The van der Waals surface area contributed by atoms with E-state index < -0.39 is 5.92 Å². The van der Waals surface area contributed by atoms with Crippen molar-refractivity contribution in [3.8, 4) is 5.69 Å². The van der Waals surface area contributed by atoms with Crippen molar-refractivity contribution >= 4 is 22.6 Å². The topological polar surface area (TPSA) is 73.0 Å². The molecule has 0 radical (unpaired) electrons. The number of amides is 1. The predicted molar refractivity (Wildman–Crippen MR) is 94.6 cm³/mol. The van der Waals surface area contributed by atoms with Gasteiger partial charge in [0.25, 0.3) is 0 Å². The van der Waals surface area contributed by atoms with Crippen LogP contribution in [0, 0.1) is 0 Å². The third-order valence-electron chi connectivity index (χ3n) is 4.10. The number of hydrogen-bond acceptors (Lipinski definition) is 4. The average molecular weight is 332 g/mol. The quantitative estimate of drug-likeness (QED) is 0.617. The third kappa shape index (κ3) is 3.01. The summed E-state index contributed by atoms with van der Waals surface area (Å²) in [5, 5.41) is 11.5. The molecule has 6 nitrogen and oxygen atoms in total. The Labute approximate surface area is 144 Å². The maximum atomic E-state index is 12.6. The van der Waals surface area contributed by atoms with Crippen LogP contribution in [0.2, 0.25) is 0 Å². The number of carbonyl (C=O) groups excluding carboxylic acids is 1. The number of benzene rings is 2. The van der Waals surface area contributed by atoms with E-state index in [2.05, 4.69) is 15.5 Å². The molecule has 0 saturated heterocycles. The van der Waals surface area contributed by atoms with Crippen LogP contribution in [0.1, 0.15) is 18.6 Å². The molecule has 6 heteroatoms. The molecule has 0 unspecified atom stereocenters. The first-order valence-electron chi connectivity index (χ1n) is 7.95. The number of para-hydroxylation sites is 1. The number of nitrogens with zero attached hydrogens (tertiary/aromatic N) is 3. The molecule has 4 rings (SSSR count). The van der Waals surface area contributed by atoms with Gasteiger partial charge in [-0.3, -0.25) is 9.36 Å². The van der Waals surface area contributed by atoms with E-state index in [0.717, 1.165) is 16.7 Å². The van der Waals surface area contributed by atoms with Crippen LogP contribution in [0.25, 0.3) is 16.7 Å². The minimum Gasteiger partial charge on any atom is -0.460 e. The van der Waals surface area contributed by atoms with Gasteiger partial charge in [-0.1, -0.05) is 24.3 Å². The number of nitrogens with one attached hydrogen (secondary N) is 1. The van der Waals surface area contributed by atoms with E-state index in [-0.39, 0.29) is 5.91 Å². The second-order valence-electron chi connectivity index (χ2n) is 5.82. The summed E-state index contributed by atoms with van der Waals surface area (Å²) in [5.74, 6) is 0.125. The first kappa shape index (κ1) is 15.1. The zero-order valence-corrected chi connectivity index (χ0v) is 13.6. The molecule has 0 aliphatic heterocycles. The molecule has 0 saturated carbocycles. The van der Waals surface area contributed by atoms with E-state index in [1.807, 2.05) is 61.5 Å². The van der Waals surface area contributed by atoms with Gasteiger partial charge in [0.15, 0.2) is 0 Å².